The first-order valence-electron chi connectivity index (χ1n) is 12.7. The van der Waals surface area contributed by atoms with Gasteiger partial charge in [-0.15, -0.1) is 11.3 Å². The molecule has 1 aromatic heterocycles. The highest BCUT2D eigenvalue weighted by molar-refractivity contribution is 7.94. The highest BCUT2D eigenvalue weighted by Crippen LogP contribution is 2.32. The largest absolute Gasteiger partial charge is 0.497 e. The molecule has 3 atom stereocenters. The third kappa shape index (κ3) is 6.91. The molecule has 2 aromatic carbocycles. The van der Waals surface area contributed by atoms with Crippen LogP contribution in [-0.4, -0.2) is 75.2 Å². The molecule has 0 aliphatic carbocycles. The van der Waals surface area contributed by atoms with E-state index in [2.05, 4.69) is 9.62 Å². The van der Waals surface area contributed by atoms with Gasteiger partial charge < -0.3 is 19.5 Å². The van der Waals surface area contributed by atoms with Crippen molar-refractivity contribution < 1.29 is 27.8 Å². The zero-order valence-electron chi connectivity index (χ0n) is 22.5. The number of carbonyl (C=O) groups is 1. The molecule has 1 aliphatic rings. The van der Waals surface area contributed by atoms with Crippen molar-refractivity contribution >= 4 is 33.0 Å². The third-order valence-corrected chi connectivity index (χ3v) is 9.56. The number of carbonyl (C=O) groups excluding carboxylic acids is 1. The number of thiophene rings is 1. The van der Waals surface area contributed by atoms with Gasteiger partial charge in [-0.1, -0.05) is 25.1 Å². The van der Waals surface area contributed by atoms with Crippen molar-refractivity contribution in [1.29, 1.82) is 0 Å². The first-order chi connectivity index (χ1) is 18.6. The SMILES string of the molecule is COc1ccc(CN(C)C[C@H]2Oc3ccc(NS(=O)(=O)c4cccs4)cc3C(=O)N([C@H](C)CO)C[C@@H]2C)cc1. The minimum atomic E-state index is -3.79. The van der Waals surface area contributed by atoms with E-state index >= 15 is 0 Å². The summed E-state index contributed by atoms with van der Waals surface area (Å²) in [6, 6.07) is 15.4. The minimum Gasteiger partial charge on any atom is -0.497 e. The number of rotatable bonds is 10. The number of nitrogens with one attached hydrogen (secondary N) is 1. The molecule has 0 saturated carbocycles. The number of ether oxygens (including phenoxy) is 2. The predicted octanol–water partition coefficient (Wildman–Crippen LogP) is 3.91. The van der Waals surface area contributed by atoms with Crippen LogP contribution in [0.1, 0.15) is 29.8 Å². The van der Waals surface area contributed by atoms with Gasteiger partial charge in [-0.05, 0) is 61.3 Å². The Morgan fingerprint density at radius 2 is 1.97 bits per heavy atom. The van der Waals surface area contributed by atoms with Crippen molar-refractivity contribution in [2.24, 2.45) is 5.92 Å². The first kappa shape index (κ1) is 28.9. The number of hydrogen-bond acceptors (Lipinski definition) is 8. The summed E-state index contributed by atoms with van der Waals surface area (Å²) in [6.07, 6.45) is -0.262. The van der Waals surface area contributed by atoms with Crippen molar-refractivity contribution in [3.8, 4) is 11.5 Å². The summed E-state index contributed by atoms with van der Waals surface area (Å²) in [5.74, 6) is 0.824. The number of aliphatic hydroxyl groups excluding tert-OH is 1. The molecule has 4 rings (SSSR count). The van der Waals surface area contributed by atoms with Gasteiger partial charge in [0.1, 0.15) is 21.8 Å². The monoisotopic (exact) mass is 573 g/mol. The maximum absolute atomic E-state index is 13.6. The number of amides is 1. The topological polar surface area (TPSA) is 108 Å². The van der Waals surface area contributed by atoms with Crippen LogP contribution in [-0.2, 0) is 16.6 Å². The Labute approximate surface area is 234 Å². The van der Waals surface area contributed by atoms with E-state index in [1.807, 2.05) is 38.2 Å². The van der Waals surface area contributed by atoms with Gasteiger partial charge in [0.15, 0.2) is 0 Å². The lowest BCUT2D eigenvalue weighted by Gasteiger charge is -2.38. The van der Waals surface area contributed by atoms with Gasteiger partial charge in [-0.25, -0.2) is 8.42 Å². The van der Waals surface area contributed by atoms with Crippen LogP contribution in [0.15, 0.2) is 64.2 Å². The van der Waals surface area contributed by atoms with Crippen molar-refractivity contribution in [2.45, 2.75) is 36.7 Å². The van der Waals surface area contributed by atoms with E-state index in [-0.39, 0.29) is 40.0 Å². The Hall–Kier alpha value is -3.12. The summed E-state index contributed by atoms with van der Waals surface area (Å²) in [4.78, 5) is 17.4. The van der Waals surface area contributed by atoms with E-state index < -0.39 is 16.1 Å². The van der Waals surface area contributed by atoms with Crippen LogP contribution in [0.5, 0.6) is 11.5 Å². The number of aliphatic hydroxyl groups is 1. The molecule has 0 bridgehead atoms. The van der Waals surface area contributed by atoms with Crippen LogP contribution in [0.4, 0.5) is 5.69 Å². The molecular formula is C28H35N3O6S2. The van der Waals surface area contributed by atoms with Crippen molar-refractivity contribution in [1.82, 2.24) is 9.80 Å². The Balaban J connectivity index is 1.60. The fraction of sp³-hybridized carbons (Fsp3) is 0.393. The summed E-state index contributed by atoms with van der Waals surface area (Å²) < 4.78 is 40.0. The van der Waals surface area contributed by atoms with E-state index in [9.17, 15) is 18.3 Å². The number of methoxy groups -OCH3 is 1. The fourth-order valence-electron chi connectivity index (χ4n) is 4.54. The van der Waals surface area contributed by atoms with Gasteiger partial charge in [0.2, 0.25) is 0 Å². The summed E-state index contributed by atoms with van der Waals surface area (Å²) >= 11 is 1.11. The Bertz CT molecular complexity index is 1360. The fourth-order valence-corrected chi connectivity index (χ4v) is 6.58. The molecule has 2 heterocycles. The summed E-state index contributed by atoms with van der Waals surface area (Å²) in [5, 5.41) is 11.6. The van der Waals surface area contributed by atoms with Gasteiger partial charge in [-0.2, -0.15) is 0 Å². The van der Waals surface area contributed by atoms with Gasteiger partial charge in [0, 0.05) is 31.2 Å². The smallest absolute Gasteiger partial charge is 0.271 e. The maximum Gasteiger partial charge on any atom is 0.271 e. The molecule has 9 nitrogen and oxygen atoms in total. The molecule has 0 spiro atoms. The Morgan fingerprint density at radius 3 is 2.62 bits per heavy atom. The van der Waals surface area contributed by atoms with Crippen molar-refractivity contribution in [3.63, 3.8) is 0 Å². The molecule has 39 heavy (non-hydrogen) atoms. The number of nitrogens with zero attached hydrogens (tertiary/aromatic N) is 2. The first-order valence-corrected chi connectivity index (χ1v) is 15.1. The van der Waals surface area contributed by atoms with Crippen molar-refractivity contribution in [3.05, 3.63) is 71.1 Å². The predicted molar refractivity (Wildman–Crippen MR) is 152 cm³/mol. The van der Waals surface area contributed by atoms with Crippen LogP contribution >= 0.6 is 11.3 Å². The molecule has 3 aromatic rings. The molecule has 0 saturated heterocycles. The molecule has 1 aliphatic heterocycles. The number of hydrogen-bond donors (Lipinski definition) is 2. The number of fused-ring (bicyclic) bond motifs is 1. The molecular weight excluding hydrogens is 538 g/mol. The standard InChI is InChI=1S/C28H35N3O6S2/c1-19-15-31(20(2)18-32)28(33)24-14-22(29-39(34,35)27-6-5-13-38-27)9-12-25(24)37-26(19)17-30(3)16-21-7-10-23(36-4)11-8-21/h5-14,19-20,26,29,32H,15-18H2,1-4H3/t19-,20+,26+/m0/s1. The number of benzene rings is 2. The highest BCUT2D eigenvalue weighted by atomic mass is 32.2. The molecule has 11 heteroatoms. The van der Waals surface area contributed by atoms with Gasteiger partial charge in [-0.3, -0.25) is 14.4 Å². The minimum absolute atomic E-state index is 0.0357. The zero-order chi connectivity index (χ0) is 28.2. The lowest BCUT2D eigenvalue weighted by atomic mass is 9.99. The van der Waals surface area contributed by atoms with E-state index in [0.717, 1.165) is 22.6 Å². The number of sulfonamides is 1. The lowest BCUT2D eigenvalue weighted by Crippen LogP contribution is -2.49. The molecule has 0 fully saturated rings. The second-order valence-corrected chi connectivity index (χ2v) is 12.8. The summed E-state index contributed by atoms with van der Waals surface area (Å²) in [6.45, 7) is 5.30. The average molecular weight is 574 g/mol. The van der Waals surface area contributed by atoms with Crippen LogP contribution in [0.25, 0.3) is 0 Å². The number of anilines is 1. The molecule has 1 amide bonds. The van der Waals surface area contributed by atoms with Crippen LogP contribution in [0.2, 0.25) is 0 Å². The molecule has 0 radical (unpaired) electrons. The van der Waals surface area contributed by atoms with Gasteiger partial charge in [0.25, 0.3) is 15.9 Å². The zero-order valence-corrected chi connectivity index (χ0v) is 24.2. The van der Waals surface area contributed by atoms with E-state index in [4.69, 9.17) is 9.47 Å². The number of likely N-dealkylation sites (N-methyl/N-ethyl adjacent to an activating group) is 1. The lowest BCUT2D eigenvalue weighted by molar-refractivity contribution is 0.0341. The Kier molecular flexibility index (Phi) is 9.16. The highest BCUT2D eigenvalue weighted by Gasteiger charge is 2.33. The molecule has 2 N–H and O–H groups in total. The Morgan fingerprint density at radius 1 is 1.23 bits per heavy atom. The summed E-state index contributed by atoms with van der Waals surface area (Å²) in [7, 11) is -0.132. The van der Waals surface area contributed by atoms with Crippen LogP contribution < -0.4 is 14.2 Å². The molecule has 210 valence electrons. The average Bonchev–Trinajstić information content (AvgIpc) is 3.47. The molecule has 0 unspecified atom stereocenters. The quantitative estimate of drug-likeness (QED) is 0.379. The van der Waals surface area contributed by atoms with E-state index in [0.29, 0.717) is 25.4 Å². The van der Waals surface area contributed by atoms with E-state index in [1.54, 1.807) is 42.5 Å². The van der Waals surface area contributed by atoms with Crippen molar-refractivity contribution in [2.75, 3.05) is 38.6 Å². The maximum atomic E-state index is 13.6. The third-order valence-electron chi connectivity index (χ3n) is 6.78. The second-order valence-electron chi connectivity index (χ2n) is 9.92. The van der Waals surface area contributed by atoms with E-state index in [1.165, 1.54) is 12.1 Å². The van der Waals surface area contributed by atoms with Crippen LogP contribution in [0, 0.1) is 5.92 Å². The normalized spacial score (nSPS) is 18.6. The summed E-state index contributed by atoms with van der Waals surface area (Å²) in [5.41, 5.74) is 1.64. The van der Waals surface area contributed by atoms with Gasteiger partial charge >= 0.3 is 0 Å². The second kappa shape index (κ2) is 12.4. The van der Waals surface area contributed by atoms with Gasteiger partial charge in [0.05, 0.1) is 25.3 Å². The van der Waals surface area contributed by atoms with Crippen LogP contribution in [0.3, 0.4) is 0 Å².